The maximum absolute atomic E-state index is 11.3. The summed E-state index contributed by atoms with van der Waals surface area (Å²) in [7, 11) is 1.90. The minimum atomic E-state index is -0.203. The summed E-state index contributed by atoms with van der Waals surface area (Å²) in [6.45, 7) is 10.4. The number of imidazole rings is 1. The van der Waals surface area contributed by atoms with Crippen LogP contribution in [0.1, 0.15) is 39.8 Å². The Balaban J connectivity index is 1.38. The molecule has 0 aliphatic carbocycles. The molecule has 4 aromatic heterocycles. The molecule has 1 saturated heterocycles. The maximum atomic E-state index is 11.3. The van der Waals surface area contributed by atoms with Crippen LogP contribution in [0.2, 0.25) is 0 Å². The molecule has 0 saturated carbocycles. The summed E-state index contributed by atoms with van der Waals surface area (Å²) in [5.41, 5.74) is 2.49. The van der Waals surface area contributed by atoms with Gasteiger partial charge in [-0.3, -0.25) is 14.0 Å². The summed E-state index contributed by atoms with van der Waals surface area (Å²) < 4.78 is 15.5. The molecule has 1 amide bonds. The van der Waals surface area contributed by atoms with Crippen LogP contribution in [0.5, 0.6) is 11.6 Å². The zero-order valence-electron chi connectivity index (χ0n) is 21.8. The SMILES string of the molecule is CC(=O)Nc1cc(Oc2ccc3nc(Nc4cc(C(C)(C)C)n(C[C@H]5CCOC5)n4)n(C)c3n2)ccn1. The van der Waals surface area contributed by atoms with Crippen LogP contribution in [-0.4, -0.2) is 48.4 Å². The lowest BCUT2D eigenvalue weighted by atomic mass is 9.92. The number of carbonyl (C=O) groups excluding carboxylic acids is 1. The van der Waals surface area contributed by atoms with E-state index in [1.165, 1.54) is 6.92 Å². The van der Waals surface area contributed by atoms with Gasteiger partial charge >= 0.3 is 0 Å². The first-order valence-electron chi connectivity index (χ1n) is 12.3. The van der Waals surface area contributed by atoms with Crippen molar-refractivity contribution in [1.29, 1.82) is 0 Å². The summed E-state index contributed by atoms with van der Waals surface area (Å²) in [4.78, 5) is 24.8. The second-order valence-corrected chi connectivity index (χ2v) is 10.3. The van der Waals surface area contributed by atoms with E-state index < -0.39 is 0 Å². The van der Waals surface area contributed by atoms with Gasteiger partial charge in [-0.1, -0.05) is 20.8 Å². The quantitative estimate of drug-likeness (QED) is 0.380. The van der Waals surface area contributed by atoms with Gasteiger partial charge in [0, 0.05) is 68.5 Å². The first-order valence-corrected chi connectivity index (χ1v) is 12.3. The first kappa shape index (κ1) is 24.7. The Labute approximate surface area is 215 Å². The number of hydrogen-bond donors (Lipinski definition) is 2. The fourth-order valence-electron chi connectivity index (χ4n) is 4.37. The smallest absolute Gasteiger partial charge is 0.222 e. The standard InChI is InChI=1S/C26H32N8O3/c1-16(35)28-21-12-18(8-10-27-21)37-23-7-6-19-24(31-23)33(5)25(29-19)30-22-13-20(26(2,3)4)34(32-22)14-17-9-11-36-15-17/h6-8,10,12-13,17H,9,11,14-15H2,1-5H3,(H,27,28,35)(H,29,30,32)/t17-/m1/s1. The van der Waals surface area contributed by atoms with E-state index in [1.807, 2.05) is 17.7 Å². The van der Waals surface area contributed by atoms with E-state index in [4.69, 9.17) is 19.6 Å². The molecule has 0 radical (unpaired) electrons. The first-order chi connectivity index (χ1) is 17.7. The lowest BCUT2D eigenvalue weighted by Gasteiger charge is -2.21. The third kappa shape index (κ3) is 5.56. The van der Waals surface area contributed by atoms with Crippen molar-refractivity contribution >= 4 is 34.7 Å². The van der Waals surface area contributed by atoms with Gasteiger partial charge < -0.3 is 20.1 Å². The Bertz CT molecular complexity index is 1430. The van der Waals surface area contributed by atoms with Crippen molar-refractivity contribution in [2.45, 2.75) is 46.1 Å². The number of carbonyl (C=O) groups is 1. The number of anilines is 3. The Kier molecular flexibility index (Phi) is 6.55. The van der Waals surface area contributed by atoms with Crippen LogP contribution < -0.4 is 15.4 Å². The number of fused-ring (bicyclic) bond motifs is 1. The van der Waals surface area contributed by atoms with Crippen LogP contribution in [-0.2, 0) is 28.5 Å². The van der Waals surface area contributed by atoms with Crippen molar-refractivity contribution in [3.8, 4) is 11.6 Å². The van der Waals surface area contributed by atoms with Gasteiger partial charge in [-0.2, -0.15) is 10.1 Å². The number of amides is 1. The predicted octanol–water partition coefficient (Wildman–Crippen LogP) is 4.39. The molecule has 37 heavy (non-hydrogen) atoms. The van der Waals surface area contributed by atoms with E-state index in [1.54, 1.807) is 24.4 Å². The molecule has 5 rings (SSSR count). The monoisotopic (exact) mass is 504 g/mol. The summed E-state index contributed by atoms with van der Waals surface area (Å²) in [5.74, 6) is 2.96. The van der Waals surface area contributed by atoms with Gasteiger partial charge in [0.05, 0.1) is 6.61 Å². The number of aromatic nitrogens is 6. The minimum absolute atomic E-state index is 0.0563. The summed E-state index contributed by atoms with van der Waals surface area (Å²) in [6, 6.07) is 9.05. The van der Waals surface area contributed by atoms with E-state index in [0.717, 1.165) is 43.2 Å². The fraction of sp³-hybridized carbons (Fsp3) is 0.423. The van der Waals surface area contributed by atoms with Gasteiger partial charge in [0.2, 0.25) is 17.7 Å². The van der Waals surface area contributed by atoms with Crippen molar-refractivity contribution in [2.24, 2.45) is 13.0 Å². The topological polar surface area (TPSA) is 121 Å². The van der Waals surface area contributed by atoms with E-state index in [0.29, 0.717) is 35.0 Å². The summed E-state index contributed by atoms with van der Waals surface area (Å²) >= 11 is 0. The van der Waals surface area contributed by atoms with Gasteiger partial charge in [-0.05, 0) is 18.6 Å². The highest BCUT2D eigenvalue weighted by molar-refractivity contribution is 5.87. The van der Waals surface area contributed by atoms with Crippen molar-refractivity contribution in [2.75, 3.05) is 23.8 Å². The van der Waals surface area contributed by atoms with Gasteiger partial charge in [0.25, 0.3) is 0 Å². The summed E-state index contributed by atoms with van der Waals surface area (Å²) in [5, 5.41) is 10.9. The molecule has 0 unspecified atom stereocenters. The second kappa shape index (κ2) is 9.81. The van der Waals surface area contributed by atoms with Crippen molar-refractivity contribution in [3.63, 3.8) is 0 Å². The highest BCUT2D eigenvalue weighted by atomic mass is 16.5. The highest BCUT2D eigenvalue weighted by Crippen LogP contribution is 2.30. The van der Waals surface area contributed by atoms with Gasteiger partial charge in [0.15, 0.2) is 11.5 Å². The predicted molar refractivity (Wildman–Crippen MR) is 140 cm³/mol. The minimum Gasteiger partial charge on any atom is -0.439 e. The molecule has 2 N–H and O–H groups in total. The number of rotatable bonds is 7. The fourth-order valence-corrected chi connectivity index (χ4v) is 4.37. The Morgan fingerprint density at radius 3 is 2.76 bits per heavy atom. The largest absolute Gasteiger partial charge is 0.439 e. The third-order valence-corrected chi connectivity index (χ3v) is 6.19. The van der Waals surface area contributed by atoms with E-state index in [-0.39, 0.29) is 11.3 Å². The summed E-state index contributed by atoms with van der Waals surface area (Å²) in [6.07, 6.45) is 2.62. The van der Waals surface area contributed by atoms with Gasteiger partial charge in [-0.15, -0.1) is 0 Å². The molecule has 4 aromatic rings. The molecule has 0 aromatic carbocycles. The van der Waals surface area contributed by atoms with Gasteiger partial charge in [0.1, 0.15) is 17.1 Å². The number of hydrogen-bond acceptors (Lipinski definition) is 8. The van der Waals surface area contributed by atoms with Crippen LogP contribution >= 0.6 is 0 Å². The van der Waals surface area contributed by atoms with E-state index >= 15 is 0 Å². The molecule has 1 fully saturated rings. The van der Waals surface area contributed by atoms with Crippen LogP contribution in [0, 0.1) is 5.92 Å². The molecule has 0 bridgehead atoms. The average Bonchev–Trinajstić information content (AvgIpc) is 3.55. The van der Waals surface area contributed by atoms with Crippen LogP contribution in [0.4, 0.5) is 17.6 Å². The maximum Gasteiger partial charge on any atom is 0.222 e. The molecule has 1 aliphatic heterocycles. The average molecular weight is 505 g/mol. The Morgan fingerprint density at radius 1 is 1.19 bits per heavy atom. The highest BCUT2D eigenvalue weighted by Gasteiger charge is 2.25. The van der Waals surface area contributed by atoms with E-state index in [2.05, 4.69) is 52.1 Å². The molecule has 194 valence electrons. The molecule has 5 heterocycles. The van der Waals surface area contributed by atoms with E-state index in [9.17, 15) is 4.79 Å². The Morgan fingerprint density at radius 2 is 2.03 bits per heavy atom. The lowest BCUT2D eigenvalue weighted by Crippen LogP contribution is -2.21. The third-order valence-electron chi connectivity index (χ3n) is 6.19. The molecule has 11 nitrogen and oxygen atoms in total. The number of nitrogens with zero attached hydrogens (tertiary/aromatic N) is 6. The molecule has 1 atom stereocenters. The van der Waals surface area contributed by atoms with Gasteiger partial charge in [-0.25, -0.2) is 9.97 Å². The number of aryl methyl sites for hydroxylation is 1. The Hall–Kier alpha value is -3.99. The molecular formula is C26H32N8O3. The molecular weight excluding hydrogens is 472 g/mol. The number of pyridine rings is 2. The van der Waals surface area contributed by atoms with Crippen LogP contribution in [0.15, 0.2) is 36.5 Å². The zero-order valence-corrected chi connectivity index (χ0v) is 21.8. The normalized spacial score (nSPS) is 15.8. The van der Waals surface area contributed by atoms with Crippen molar-refractivity contribution in [3.05, 3.63) is 42.2 Å². The van der Waals surface area contributed by atoms with Crippen LogP contribution in [0.3, 0.4) is 0 Å². The number of nitrogens with one attached hydrogen (secondary N) is 2. The lowest BCUT2D eigenvalue weighted by molar-refractivity contribution is -0.114. The zero-order chi connectivity index (χ0) is 26.2. The van der Waals surface area contributed by atoms with Crippen molar-refractivity contribution < 1.29 is 14.3 Å². The molecule has 0 spiro atoms. The molecule has 11 heteroatoms. The number of ether oxygens (including phenoxy) is 2. The molecule has 1 aliphatic rings. The second-order valence-electron chi connectivity index (χ2n) is 10.3. The van der Waals surface area contributed by atoms with Crippen LogP contribution in [0.25, 0.3) is 11.2 Å². The van der Waals surface area contributed by atoms with Crippen molar-refractivity contribution in [1.82, 2.24) is 29.3 Å².